The highest BCUT2D eigenvalue weighted by Crippen LogP contribution is 2.38. The normalized spacial score (nSPS) is 15.4. The van der Waals surface area contributed by atoms with Gasteiger partial charge in [-0.1, -0.05) is 12.1 Å². The van der Waals surface area contributed by atoms with Crippen LogP contribution in [0.25, 0.3) is 0 Å². The van der Waals surface area contributed by atoms with Crippen molar-refractivity contribution >= 4 is 29.0 Å². The summed E-state index contributed by atoms with van der Waals surface area (Å²) in [5.74, 6) is -0.875. The number of carbonyl (C=O) groups excluding carboxylic acids is 2. The Kier molecular flexibility index (Phi) is 5.41. The van der Waals surface area contributed by atoms with Crippen LogP contribution < -0.4 is 15.8 Å². The topological polar surface area (TPSA) is 84.7 Å². The zero-order valence-electron chi connectivity index (χ0n) is 16.2. The number of thiophene rings is 1. The van der Waals surface area contributed by atoms with Gasteiger partial charge in [0.25, 0.3) is 5.91 Å². The molecule has 0 saturated carbocycles. The number of hydrogen-bond donors (Lipinski definition) is 2. The van der Waals surface area contributed by atoms with Crippen LogP contribution in [0, 0.1) is 5.82 Å². The first-order valence-corrected chi connectivity index (χ1v) is 10.2. The molecule has 1 aliphatic rings. The van der Waals surface area contributed by atoms with Crippen LogP contribution >= 0.6 is 11.3 Å². The van der Waals surface area contributed by atoms with E-state index in [1.807, 2.05) is 35.7 Å². The fourth-order valence-corrected chi connectivity index (χ4v) is 4.57. The number of fused-ring (bicyclic) bond motifs is 1. The molecule has 4 rings (SSSR count). The van der Waals surface area contributed by atoms with Crippen LogP contribution in [0.4, 0.5) is 14.9 Å². The second-order valence-electron chi connectivity index (χ2n) is 6.91. The number of nitrogens with one attached hydrogen (secondary N) is 1. The quantitative estimate of drug-likeness (QED) is 0.658. The minimum Gasteiger partial charge on any atom is -0.497 e. The van der Waals surface area contributed by atoms with E-state index in [2.05, 4.69) is 5.32 Å². The number of benzene rings is 2. The average Bonchev–Trinajstić information content (AvgIpc) is 3.23. The molecule has 0 radical (unpaired) electrons. The molecule has 30 heavy (non-hydrogen) atoms. The lowest BCUT2D eigenvalue weighted by atomic mass is 9.93. The Labute approximate surface area is 177 Å². The molecule has 0 bridgehead atoms. The van der Waals surface area contributed by atoms with E-state index in [0.29, 0.717) is 12.2 Å². The Hall–Kier alpha value is -3.39. The fraction of sp³-hybridized carbons (Fsp3) is 0.182. The summed E-state index contributed by atoms with van der Waals surface area (Å²) in [7, 11) is 1.61. The Morgan fingerprint density at radius 3 is 2.67 bits per heavy atom. The molecule has 0 spiro atoms. The van der Waals surface area contributed by atoms with Gasteiger partial charge in [-0.15, -0.1) is 11.3 Å². The number of rotatable bonds is 4. The Balaban J connectivity index is 1.65. The van der Waals surface area contributed by atoms with E-state index >= 15 is 0 Å². The number of urea groups is 1. The van der Waals surface area contributed by atoms with Crippen molar-refractivity contribution < 1.29 is 18.7 Å². The lowest BCUT2D eigenvalue weighted by Crippen LogP contribution is -2.42. The maximum absolute atomic E-state index is 13.8. The number of halogens is 1. The monoisotopic (exact) mass is 425 g/mol. The first-order chi connectivity index (χ1) is 14.5. The molecule has 3 N–H and O–H groups in total. The van der Waals surface area contributed by atoms with Crippen LogP contribution in [0.15, 0.2) is 53.9 Å². The lowest BCUT2D eigenvalue weighted by molar-refractivity contribution is 0.0996. The van der Waals surface area contributed by atoms with Gasteiger partial charge in [0.05, 0.1) is 18.7 Å². The molecule has 0 fully saturated rings. The lowest BCUT2D eigenvalue weighted by Gasteiger charge is -2.36. The minimum atomic E-state index is -0.888. The highest BCUT2D eigenvalue weighted by Gasteiger charge is 2.33. The van der Waals surface area contributed by atoms with Crippen molar-refractivity contribution in [1.29, 1.82) is 0 Å². The number of carbonyl (C=O) groups is 2. The van der Waals surface area contributed by atoms with E-state index in [-0.39, 0.29) is 17.6 Å². The molecule has 2 heterocycles. The fourth-order valence-electron chi connectivity index (χ4n) is 3.67. The van der Waals surface area contributed by atoms with Gasteiger partial charge in [-0.05, 0) is 59.3 Å². The molecule has 3 amide bonds. The molecule has 154 valence electrons. The smallest absolute Gasteiger partial charge is 0.322 e. The predicted molar refractivity (Wildman–Crippen MR) is 114 cm³/mol. The number of hydrogen-bond acceptors (Lipinski definition) is 4. The van der Waals surface area contributed by atoms with Gasteiger partial charge in [-0.25, -0.2) is 9.18 Å². The maximum atomic E-state index is 13.8. The van der Waals surface area contributed by atoms with Crippen molar-refractivity contribution in [1.82, 2.24) is 4.90 Å². The first-order valence-electron chi connectivity index (χ1n) is 9.35. The van der Waals surface area contributed by atoms with Crippen molar-refractivity contribution in [3.8, 4) is 5.75 Å². The van der Waals surface area contributed by atoms with Gasteiger partial charge in [0.2, 0.25) is 0 Å². The molecule has 1 aliphatic heterocycles. The summed E-state index contributed by atoms with van der Waals surface area (Å²) in [5.41, 5.74) is 7.30. The highest BCUT2D eigenvalue weighted by molar-refractivity contribution is 7.10. The Morgan fingerprint density at radius 1 is 1.20 bits per heavy atom. The number of methoxy groups -OCH3 is 1. The zero-order chi connectivity index (χ0) is 21.3. The summed E-state index contributed by atoms with van der Waals surface area (Å²) in [6, 6.07) is 12.8. The van der Waals surface area contributed by atoms with Gasteiger partial charge in [0, 0.05) is 17.1 Å². The van der Waals surface area contributed by atoms with Crippen LogP contribution in [0.5, 0.6) is 5.75 Å². The van der Waals surface area contributed by atoms with Crippen molar-refractivity contribution in [2.45, 2.75) is 12.5 Å². The van der Waals surface area contributed by atoms with Crippen LogP contribution in [0.3, 0.4) is 0 Å². The number of nitrogens with zero attached hydrogens (tertiary/aromatic N) is 1. The molecule has 1 atom stereocenters. The second kappa shape index (κ2) is 8.16. The first kappa shape index (κ1) is 19.9. The molecule has 1 unspecified atom stereocenters. The van der Waals surface area contributed by atoms with Crippen molar-refractivity contribution in [2.24, 2.45) is 5.73 Å². The third-order valence-corrected chi connectivity index (χ3v) is 6.14. The zero-order valence-corrected chi connectivity index (χ0v) is 17.0. The average molecular weight is 425 g/mol. The second-order valence-corrected chi connectivity index (χ2v) is 7.91. The van der Waals surface area contributed by atoms with E-state index in [1.54, 1.807) is 23.3 Å². The summed E-state index contributed by atoms with van der Waals surface area (Å²) in [6.45, 7) is 0.528. The predicted octanol–water partition coefficient (Wildman–Crippen LogP) is 4.17. The number of nitrogens with two attached hydrogens (primary N) is 1. The SMILES string of the molecule is COc1ccc(C2c3ccsc3CCN2C(=O)Nc2ccc(F)c(C(N)=O)c2)cc1. The molecule has 6 nitrogen and oxygen atoms in total. The van der Waals surface area contributed by atoms with Crippen LogP contribution in [-0.2, 0) is 6.42 Å². The molecule has 2 aromatic carbocycles. The Morgan fingerprint density at radius 2 is 1.97 bits per heavy atom. The molecule has 1 aromatic heterocycles. The van der Waals surface area contributed by atoms with Gasteiger partial charge >= 0.3 is 6.03 Å². The van der Waals surface area contributed by atoms with E-state index in [1.165, 1.54) is 17.0 Å². The third-order valence-electron chi connectivity index (χ3n) is 5.14. The van der Waals surface area contributed by atoms with Gasteiger partial charge < -0.3 is 20.7 Å². The third kappa shape index (κ3) is 3.73. The summed E-state index contributed by atoms with van der Waals surface area (Å²) in [6.07, 6.45) is 0.753. The standard InChI is InChI=1S/C22H20FN3O3S/c1-29-15-5-2-13(3-6-15)20-16-9-11-30-19(16)8-10-26(20)22(28)25-14-4-7-18(23)17(12-14)21(24)27/h2-7,9,11-12,20H,8,10H2,1H3,(H2,24,27)(H,25,28). The molecule has 0 saturated heterocycles. The van der Waals surface area contributed by atoms with Crippen LogP contribution in [0.1, 0.15) is 32.4 Å². The summed E-state index contributed by atoms with van der Waals surface area (Å²) in [4.78, 5) is 27.6. The maximum Gasteiger partial charge on any atom is 0.322 e. The Bertz CT molecular complexity index is 1100. The summed E-state index contributed by atoms with van der Waals surface area (Å²) < 4.78 is 19.0. The molecular weight excluding hydrogens is 405 g/mol. The molecule has 8 heteroatoms. The molecule has 3 aromatic rings. The molecular formula is C22H20FN3O3S. The van der Waals surface area contributed by atoms with Gasteiger partial charge in [0.1, 0.15) is 11.6 Å². The van der Waals surface area contributed by atoms with Gasteiger partial charge in [-0.3, -0.25) is 4.79 Å². The van der Waals surface area contributed by atoms with Crippen molar-refractivity contribution in [2.75, 3.05) is 19.0 Å². The largest absolute Gasteiger partial charge is 0.497 e. The van der Waals surface area contributed by atoms with Gasteiger partial charge in [0.15, 0.2) is 0 Å². The van der Waals surface area contributed by atoms with Gasteiger partial charge in [-0.2, -0.15) is 0 Å². The van der Waals surface area contributed by atoms with E-state index in [0.717, 1.165) is 29.4 Å². The number of amides is 3. The number of ether oxygens (including phenoxy) is 1. The number of anilines is 1. The van der Waals surface area contributed by atoms with Crippen molar-refractivity contribution in [3.63, 3.8) is 0 Å². The van der Waals surface area contributed by atoms with E-state index < -0.39 is 11.7 Å². The molecule has 0 aliphatic carbocycles. The number of primary amides is 1. The van der Waals surface area contributed by atoms with Crippen LogP contribution in [0.2, 0.25) is 0 Å². The van der Waals surface area contributed by atoms with Crippen molar-refractivity contribution in [3.05, 3.63) is 81.3 Å². The summed E-state index contributed by atoms with van der Waals surface area (Å²) in [5, 5.41) is 4.80. The minimum absolute atomic E-state index is 0.262. The van der Waals surface area contributed by atoms with Crippen LogP contribution in [-0.4, -0.2) is 30.5 Å². The summed E-state index contributed by atoms with van der Waals surface area (Å²) >= 11 is 1.68. The van der Waals surface area contributed by atoms with E-state index in [9.17, 15) is 14.0 Å². The highest BCUT2D eigenvalue weighted by atomic mass is 32.1. The van der Waals surface area contributed by atoms with E-state index in [4.69, 9.17) is 10.5 Å².